The minimum Gasteiger partial charge on any atom is -0.350 e. The molecule has 0 radical (unpaired) electrons. The van der Waals surface area contributed by atoms with Crippen molar-refractivity contribution in [3.63, 3.8) is 0 Å². The number of benzene rings is 1. The molecule has 0 spiro atoms. The Balaban J connectivity index is 1.74. The van der Waals surface area contributed by atoms with Crippen LogP contribution in [0.15, 0.2) is 42.5 Å². The zero-order chi connectivity index (χ0) is 15.5. The first kappa shape index (κ1) is 14.3. The van der Waals surface area contributed by atoms with Gasteiger partial charge in [0.2, 0.25) is 11.8 Å². The van der Waals surface area contributed by atoms with Crippen molar-refractivity contribution >= 4 is 17.5 Å². The molecule has 0 saturated carbocycles. The van der Waals surface area contributed by atoms with Gasteiger partial charge >= 0.3 is 0 Å². The molecule has 1 aliphatic heterocycles. The molecule has 1 aliphatic rings. The van der Waals surface area contributed by atoms with Crippen LogP contribution in [0.2, 0.25) is 0 Å². The van der Waals surface area contributed by atoms with Crippen molar-refractivity contribution < 1.29 is 9.59 Å². The zero-order valence-electron chi connectivity index (χ0n) is 12.3. The molecule has 0 fully saturated rings. The van der Waals surface area contributed by atoms with E-state index in [-0.39, 0.29) is 18.2 Å². The zero-order valence-corrected chi connectivity index (χ0v) is 12.3. The minimum absolute atomic E-state index is 0.132. The van der Waals surface area contributed by atoms with E-state index in [4.69, 9.17) is 0 Å². The molecule has 5 heteroatoms. The maximum atomic E-state index is 12.4. The molecule has 0 aliphatic carbocycles. The molecule has 2 aromatic rings. The normalized spacial score (nSPS) is 16.6. The Kier molecular flexibility index (Phi) is 3.87. The van der Waals surface area contributed by atoms with Crippen LogP contribution in [0.25, 0.3) is 0 Å². The summed E-state index contributed by atoms with van der Waals surface area (Å²) in [6.07, 6.45) is 0.171. The van der Waals surface area contributed by atoms with Gasteiger partial charge in [0.05, 0.1) is 18.2 Å². The Bertz CT molecular complexity index is 727. The van der Waals surface area contributed by atoms with Crippen LogP contribution in [0.5, 0.6) is 0 Å². The number of hydrogen-bond acceptors (Lipinski definition) is 3. The Morgan fingerprint density at radius 1 is 1.27 bits per heavy atom. The second-order valence-corrected chi connectivity index (χ2v) is 5.38. The number of nitrogens with zero attached hydrogens (tertiary/aromatic N) is 1. The molecule has 1 atom stereocenters. The van der Waals surface area contributed by atoms with Crippen molar-refractivity contribution in [2.24, 2.45) is 0 Å². The van der Waals surface area contributed by atoms with Crippen LogP contribution in [0, 0.1) is 6.92 Å². The molecular formula is C17H17N3O2. The summed E-state index contributed by atoms with van der Waals surface area (Å²) in [5.74, 6) is -0.729. The number of anilines is 1. The number of aryl methyl sites for hydroxylation is 1. The van der Waals surface area contributed by atoms with E-state index in [1.54, 1.807) is 0 Å². The lowest BCUT2D eigenvalue weighted by atomic mass is 9.90. The van der Waals surface area contributed by atoms with Crippen LogP contribution in [0.1, 0.15) is 29.3 Å². The first-order valence-corrected chi connectivity index (χ1v) is 7.22. The van der Waals surface area contributed by atoms with Crippen LogP contribution in [-0.2, 0) is 16.1 Å². The summed E-state index contributed by atoms with van der Waals surface area (Å²) < 4.78 is 0. The maximum absolute atomic E-state index is 12.4. The van der Waals surface area contributed by atoms with Gasteiger partial charge in [0.15, 0.2) is 0 Å². The highest BCUT2D eigenvalue weighted by Crippen LogP contribution is 2.31. The van der Waals surface area contributed by atoms with Crippen LogP contribution in [0.4, 0.5) is 5.69 Å². The van der Waals surface area contributed by atoms with Crippen molar-refractivity contribution in [1.82, 2.24) is 10.3 Å². The van der Waals surface area contributed by atoms with Gasteiger partial charge in [0, 0.05) is 17.8 Å². The molecule has 112 valence electrons. The summed E-state index contributed by atoms with van der Waals surface area (Å²) in [6, 6.07) is 13.1. The molecule has 2 heterocycles. The number of fused-ring (bicyclic) bond motifs is 1. The highest BCUT2D eigenvalue weighted by atomic mass is 16.2. The number of para-hydroxylation sites is 1. The first-order chi connectivity index (χ1) is 10.6. The summed E-state index contributed by atoms with van der Waals surface area (Å²) in [5, 5.41) is 5.67. The van der Waals surface area contributed by atoms with Crippen molar-refractivity contribution in [1.29, 1.82) is 0 Å². The monoisotopic (exact) mass is 295 g/mol. The fourth-order valence-corrected chi connectivity index (χ4v) is 2.64. The number of amides is 2. The predicted octanol–water partition coefficient (Wildman–Crippen LogP) is 2.13. The standard InChI is InChI=1S/C17H17N3O2/c1-11-5-4-6-12(19-11)10-18-17(22)14-9-16(21)20-15-8-3-2-7-13(14)15/h2-8,14H,9-10H2,1H3,(H,18,22)(H,20,21). The molecule has 0 saturated heterocycles. The summed E-state index contributed by atoms with van der Waals surface area (Å²) in [7, 11) is 0. The number of hydrogen-bond donors (Lipinski definition) is 2. The molecule has 22 heavy (non-hydrogen) atoms. The molecule has 1 aromatic heterocycles. The van der Waals surface area contributed by atoms with Crippen molar-refractivity contribution in [2.75, 3.05) is 5.32 Å². The maximum Gasteiger partial charge on any atom is 0.228 e. The number of nitrogens with one attached hydrogen (secondary N) is 2. The average Bonchev–Trinajstić information content (AvgIpc) is 2.52. The van der Waals surface area contributed by atoms with Gasteiger partial charge in [0.1, 0.15) is 0 Å². The fourth-order valence-electron chi connectivity index (χ4n) is 2.64. The lowest BCUT2D eigenvalue weighted by Gasteiger charge is -2.24. The third-order valence-corrected chi connectivity index (χ3v) is 3.71. The van der Waals surface area contributed by atoms with E-state index in [0.29, 0.717) is 12.2 Å². The number of aromatic nitrogens is 1. The second kappa shape index (κ2) is 5.97. The van der Waals surface area contributed by atoms with Gasteiger partial charge in [-0.05, 0) is 30.7 Å². The van der Waals surface area contributed by atoms with Gasteiger partial charge in [-0.3, -0.25) is 14.6 Å². The Morgan fingerprint density at radius 3 is 2.91 bits per heavy atom. The van der Waals surface area contributed by atoms with Crippen LogP contribution in [0.3, 0.4) is 0 Å². The highest BCUT2D eigenvalue weighted by molar-refractivity contribution is 6.01. The van der Waals surface area contributed by atoms with Gasteiger partial charge < -0.3 is 10.6 Å². The number of rotatable bonds is 3. The van der Waals surface area contributed by atoms with Crippen molar-refractivity contribution in [2.45, 2.75) is 25.8 Å². The molecule has 2 N–H and O–H groups in total. The minimum atomic E-state index is -0.449. The largest absolute Gasteiger partial charge is 0.350 e. The molecular weight excluding hydrogens is 278 g/mol. The quantitative estimate of drug-likeness (QED) is 0.911. The van der Waals surface area contributed by atoms with Gasteiger partial charge in [-0.2, -0.15) is 0 Å². The van der Waals surface area contributed by atoms with Crippen LogP contribution in [-0.4, -0.2) is 16.8 Å². The predicted molar refractivity (Wildman–Crippen MR) is 83.3 cm³/mol. The first-order valence-electron chi connectivity index (χ1n) is 7.22. The molecule has 2 amide bonds. The third kappa shape index (κ3) is 2.98. The smallest absolute Gasteiger partial charge is 0.228 e. The van der Waals surface area contributed by atoms with Gasteiger partial charge in [0.25, 0.3) is 0 Å². The third-order valence-electron chi connectivity index (χ3n) is 3.71. The van der Waals surface area contributed by atoms with E-state index < -0.39 is 5.92 Å². The van der Waals surface area contributed by atoms with Gasteiger partial charge in [-0.15, -0.1) is 0 Å². The molecule has 1 aromatic carbocycles. The second-order valence-electron chi connectivity index (χ2n) is 5.38. The highest BCUT2D eigenvalue weighted by Gasteiger charge is 2.30. The number of carbonyl (C=O) groups excluding carboxylic acids is 2. The topological polar surface area (TPSA) is 71.1 Å². The fraction of sp³-hybridized carbons (Fsp3) is 0.235. The Labute approximate surface area is 128 Å². The lowest BCUT2D eigenvalue weighted by Crippen LogP contribution is -2.34. The molecule has 0 bridgehead atoms. The van der Waals surface area contributed by atoms with E-state index in [0.717, 1.165) is 17.0 Å². The summed E-state index contributed by atoms with van der Waals surface area (Å²) >= 11 is 0. The van der Waals surface area contributed by atoms with Crippen LogP contribution >= 0.6 is 0 Å². The molecule has 5 nitrogen and oxygen atoms in total. The Hall–Kier alpha value is -2.69. The molecule has 3 rings (SSSR count). The van der Waals surface area contributed by atoms with Crippen molar-refractivity contribution in [3.05, 3.63) is 59.4 Å². The van der Waals surface area contributed by atoms with E-state index in [2.05, 4.69) is 15.6 Å². The summed E-state index contributed by atoms with van der Waals surface area (Å²) in [6.45, 7) is 2.27. The van der Waals surface area contributed by atoms with E-state index in [1.807, 2.05) is 49.4 Å². The lowest BCUT2D eigenvalue weighted by molar-refractivity contribution is -0.126. The van der Waals surface area contributed by atoms with Crippen molar-refractivity contribution in [3.8, 4) is 0 Å². The Morgan fingerprint density at radius 2 is 2.09 bits per heavy atom. The van der Waals surface area contributed by atoms with E-state index in [9.17, 15) is 9.59 Å². The van der Waals surface area contributed by atoms with E-state index >= 15 is 0 Å². The summed E-state index contributed by atoms with van der Waals surface area (Å²) in [5.41, 5.74) is 3.29. The summed E-state index contributed by atoms with van der Waals surface area (Å²) in [4.78, 5) is 28.6. The number of carbonyl (C=O) groups is 2. The van der Waals surface area contributed by atoms with E-state index in [1.165, 1.54) is 0 Å². The number of pyridine rings is 1. The van der Waals surface area contributed by atoms with Gasteiger partial charge in [-0.1, -0.05) is 24.3 Å². The molecule has 1 unspecified atom stereocenters. The SMILES string of the molecule is Cc1cccc(CNC(=O)C2CC(=O)Nc3ccccc32)n1. The average molecular weight is 295 g/mol. The van der Waals surface area contributed by atoms with Crippen LogP contribution < -0.4 is 10.6 Å². The van der Waals surface area contributed by atoms with Gasteiger partial charge in [-0.25, -0.2) is 0 Å².